The van der Waals surface area contributed by atoms with Gasteiger partial charge in [-0.15, -0.1) is 17.0 Å². The smallest absolute Gasteiger partial charge is 0.322 e. The molecule has 2 aromatic rings. The summed E-state index contributed by atoms with van der Waals surface area (Å²) in [4.78, 5) is 18.8. The Morgan fingerprint density at radius 2 is 1.76 bits per heavy atom. The van der Waals surface area contributed by atoms with Gasteiger partial charge in [0.15, 0.2) is 5.78 Å². The number of ketones is 1. The molecular formula is C21H21BrF4N2O. The molecule has 1 aliphatic rings. The van der Waals surface area contributed by atoms with Crippen LogP contribution in [0, 0.1) is 5.82 Å². The Hall–Kier alpha value is -2.22. The molecule has 0 radical (unpaired) electrons. The second-order valence-electron chi connectivity index (χ2n) is 6.67. The second kappa shape index (κ2) is 10.0. The first-order valence-corrected chi connectivity index (χ1v) is 9.11. The fourth-order valence-corrected chi connectivity index (χ4v) is 3.13. The molecule has 0 aromatic heterocycles. The third kappa shape index (κ3) is 6.13. The first-order chi connectivity index (χ1) is 13.3. The van der Waals surface area contributed by atoms with Crippen molar-refractivity contribution in [3.05, 3.63) is 65.5 Å². The van der Waals surface area contributed by atoms with E-state index in [2.05, 4.69) is 4.99 Å². The lowest BCUT2D eigenvalue weighted by Crippen LogP contribution is -2.36. The molecule has 3 nitrogen and oxygen atoms in total. The minimum atomic E-state index is -4.48. The van der Waals surface area contributed by atoms with E-state index in [1.807, 2.05) is 0 Å². The van der Waals surface area contributed by atoms with Crippen molar-refractivity contribution >= 4 is 34.3 Å². The van der Waals surface area contributed by atoms with Crippen molar-refractivity contribution in [3.8, 4) is 0 Å². The molecule has 0 saturated carbocycles. The van der Waals surface area contributed by atoms with Gasteiger partial charge in [-0.2, -0.15) is 13.2 Å². The van der Waals surface area contributed by atoms with E-state index in [0.29, 0.717) is 24.4 Å². The Bertz CT molecular complexity index is 866. The number of carbonyl (C=O) groups is 1. The number of carbonyl (C=O) groups excluding carboxylic acids is 1. The zero-order valence-electron chi connectivity index (χ0n) is 15.6. The van der Waals surface area contributed by atoms with Gasteiger partial charge in [-0.1, -0.05) is 12.5 Å². The third-order valence-corrected chi connectivity index (χ3v) is 4.62. The number of rotatable bonds is 4. The molecular weight excluding hydrogens is 452 g/mol. The fourth-order valence-electron chi connectivity index (χ4n) is 3.13. The van der Waals surface area contributed by atoms with E-state index in [4.69, 9.17) is 0 Å². The van der Waals surface area contributed by atoms with Gasteiger partial charge in [0.25, 0.3) is 0 Å². The number of aliphatic imine (C=N–C) groups is 1. The number of halogens is 5. The highest BCUT2D eigenvalue weighted by Crippen LogP contribution is 2.32. The van der Waals surface area contributed by atoms with Crippen molar-refractivity contribution in [3.63, 3.8) is 0 Å². The second-order valence-corrected chi connectivity index (χ2v) is 6.67. The molecule has 0 saturated heterocycles. The topological polar surface area (TPSA) is 32.7 Å². The van der Waals surface area contributed by atoms with E-state index < -0.39 is 17.6 Å². The maximum Gasteiger partial charge on any atom is 0.416 e. The number of amidine groups is 1. The average Bonchev–Trinajstić information content (AvgIpc) is 2.95. The Labute approximate surface area is 177 Å². The SMILES string of the molecule is Br.O=C(CN(C1=NCCCCC1)c1cccc(C(F)(F)F)c1)c1ccc(F)cc1. The van der Waals surface area contributed by atoms with E-state index in [0.717, 1.165) is 31.4 Å². The summed E-state index contributed by atoms with van der Waals surface area (Å²) in [6, 6.07) is 10.0. The summed E-state index contributed by atoms with van der Waals surface area (Å²) in [6.07, 6.45) is -1.14. The predicted octanol–water partition coefficient (Wildman–Crippen LogP) is 6.08. The largest absolute Gasteiger partial charge is 0.416 e. The average molecular weight is 473 g/mol. The molecule has 29 heavy (non-hydrogen) atoms. The molecule has 0 fully saturated rings. The Morgan fingerprint density at radius 3 is 2.45 bits per heavy atom. The Morgan fingerprint density at radius 1 is 1.03 bits per heavy atom. The maximum absolute atomic E-state index is 13.2. The molecule has 0 bridgehead atoms. The van der Waals surface area contributed by atoms with Gasteiger partial charge >= 0.3 is 6.18 Å². The molecule has 0 atom stereocenters. The molecule has 0 amide bonds. The molecule has 3 rings (SSSR count). The maximum atomic E-state index is 13.2. The van der Waals surface area contributed by atoms with Crippen molar-refractivity contribution in [2.75, 3.05) is 18.0 Å². The normalized spacial score (nSPS) is 14.4. The number of anilines is 1. The van der Waals surface area contributed by atoms with Gasteiger partial charge in [-0.25, -0.2) is 4.39 Å². The van der Waals surface area contributed by atoms with Crippen molar-refractivity contribution in [2.45, 2.75) is 31.9 Å². The number of Topliss-reactive ketones (excluding diaryl/α,β-unsaturated/α-hetero) is 1. The monoisotopic (exact) mass is 472 g/mol. The lowest BCUT2D eigenvalue weighted by Gasteiger charge is -2.26. The minimum Gasteiger partial charge on any atom is -0.322 e. The van der Waals surface area contributed by atoms with Gasteiger partial charge in [-0.05, 0) is 55.3 Å². The summed E-state index contributed by atoms with van der Waals surface area (Å²) in [7, 11) is 0. The molecule has 156 valence electrons. The fraction of sp³-hybridized carbons (Fsp3) is 0.333. The standard InChI is InChI=1S/C21H20F4N2O.BrH/c22-17-10-8-15(9-11-17)19(28)14-27(20-7-2-1-3-12-26-20)18-6-4-5-16(13-18)21(23,24)25;/h4-6,8-11,13H,1-3,7,12,14H2;1H. The van der Waals surface area contributed by atoms with Crippen LogP contribution in [0.15, 0.2) is 53.5 Å². The van der Waals surface area contributed by atoms with Crippen LogP contribution in [0.4, 0.5) is 23.2 Å². The molecule has 1 heterocycles. The summed E-state index contributed by atoms with van der Waals surface area (Å²) in [5.41, 5.74) is -0.211. The number of nitrogens with zero attached hydrogens (tertiary/aromatic N) is 2. The summed E-state index contributed by atoms with van der Waals surface area (Å²) in [6.45, 7) is 0.418. The number of benzene rings is 2. The van der Waals surface area contributed by atoms with Crippen LogP contribution in [0.5, 0.6) is 0 Å². The van der Waals surface area contributed by atoms with Crippen molar-refractivity contribution in [1.29, 1.82) is 0 Å². The Balaban J connectivity index is 0.00000300. The highest BCUT2D eigenvalue weighted by atomic mass is 79.9. The number of hydrogen-bond acceptors (Lipinski definition) is 3. The van der Waals surface area contributed by atoms with Crippen LogP contribution in [-0.2, 0) is 6.18 Å². The molecule has 2 aromatic carbocycles. The Kier molecular flexibility index (Phi) is 7.96. The van der Waals surface area contributed by atoms with Crippen molar-refractivity contribution < 1.29 is 22.4 Å². The van der Waals surface area contributed by atoms with Crippen LogP contribution >= 0.6 is 17.0 Å². The number of alkyl halides is 3. The van der Waals surface area contributed by atoms with Crippen LogP contribution in [0.2, 0.25) is 0 Å². The highest BCUT2D eigenvalue weighted by Gasteiger charge is 2.31. The van der Waals surface area contributed by atoms with Gasteiger partial charge in [0.05, 0.1) is 12.1 Å². The van der Waals surface area contributed by atoms with Gasteiger partial charge in [0, 0.05) is 24.2 Å². The molecule has 8 heteroatoms. The first kappa shape index (κ1) is 23.1. The van der Waals surface area contributed by atoms with E-state index in [-0.39, 0.29) is 35.0 Å². The summed E-state index contributed by atoms with van der Waals surface area (Å²) >= 11 is 0. The van der Waals surface area contributed by atoms with Crippen LogP contribution < -0.4 is 4.90 Å². The van der Waals surface area contributed by atoms with Gasteiger partial charge in [-0.3, -0.25) is 9.79 Å². The third-order valence-electron chi connectivity index (χ3n) is 4.62. The van der Waals surface area contributed by atoms with Gasteiger partial charge < -0.3 is 4.90 Å². The van der Waals surface area contributed by atoms with Crippen LogP contribution in [0.25, 0.3) is 0 Å². The molecule has 0 spiro atoms. The van der Waals surface area contributed by atoms with Crippen LogP contribution in [0.1, 0.15) is 41.6 Å². The van der Waals surface area contributed by atoms with Crippen LogP contribution in [0.3, 0.4) is 0 Å². The first-order valence-electron chi connectivity index (χ1n) is 9.11. The van der Waals surface area contributed by atoms with Gasteiger partial charge in [0.2, 0.25) is 0 Å². The minimum absolute atomic E-state index is 0. The predicted molar refractivity (Wildman–Crippen MR) is 111 cm³/mol. The summed E-state index contributed by atoms with van der Waals surface area (Å²) in [5.74, 6) is -0.170. The van der Waals surface area contributed by atoms with Crippen LogP contribution in [-0.4, -0.2) is 24.7 Å². The van der Waals surface area contributed by atoms with Gasteiger partial charge in [0.1, 0.15) is 11.7 Å². The van der Waals surface area contributed by atoms with E-state index in [1.165, 1.54) is 30.3 Å². The van der Waals surface area contributed by atoms with Crippen molar-refractivity contribution in [2.24, 2.45) is 4.99 Å². The molecule has 0 N–H and O–H groups in total. The van der Waals surface area contributed by atoms with Crippen molar-refractivity contribution in [1.82, 2.24) is 0 Å². The quantitative estimate of drug-likeness (QED) is 0.398. The molecule has 1 aliphatic heterocycles. The highest BCUT2D eigenvalue weighted by molar-refractivity contribution is 8.93. The molecule has 0 unspecified atom stereocenters. The van der Waals surface area contributed by atoms with E-state index >= 15 is 0 Å². The van der Waals surface area contributed by atoms with E-state index in [9.17, 15) is 22.4 Å². The van der Waals surface area contributed by atoms with E-state index in [1.54, 1.807) is 11.0 Å². The molecule has 0 aliphatic carbocycles. The lowest BCUT2D eigenvalue weighted by molar-refractivity contribution is -0.137. The zero-order chi connectivity index (χ0) is 20.1. The zero-order valence-corrected chi connectivity index (χ0v) is 17.3. The lowest BCUT2D eigenvalue weighted by atomic mass is 10.1. The summed E-state index contributed by atoms with van der Waals surface area (Å²) in [5, 5.41) is 0. The number of hydrogen-bond donors (Lipinski definition) is 0. The summed E-state index contributed by atoms with van der Waals surface area (Å²) < 4.78 is 52.6.